The molecule has 1 aromatic rings. The van der Waals surface area contributed by atoms with Gasteiger partial charge >= 0.3 is 0 Å². The highest BCUT2D eigenvalue weighted by atomic mass is 32.1. The number of nitrogens with zero attached hydrogens (tertiary/aromatic N) is 1. The normalized spacial score (nSPS) is 10.4. The van der Waals surface area contributed by atoms with E-state index in [1.54, 1.807) is 11.3 Å². The summed E-state index contributed by atoms with van der Waals surface area (Å²) in [5, 5.41) is 8.65. The molecule has 0 aliphatic rings. The lowest BCUT2D eigenvalue weighted by Gasteiger charge is -2.14. The molecule has 0 aliphatic carbocycles. The standard InChI is InChI=1S/C14H21NO2S/c1-3-17-11-9-15(2)12-14-8-7-13(18-14)6-4-5-10-16/h7-8,16H,3,5,9-12H2,1-2H3. The van der Waals surface area contributed by atoms with Crippen LogP contribution in [0.2, 0.25) is 0 Å². The predicted octanol–water partition coefficient (Wildman–Crippen LogP) is 1.95. The fourth-order valence-electron chi connectivity index (χ4n) is 1.45. The van der Waals surface area contributed by atoms with Crippen molar-refractivity contribution in [1.29, 1.82) is 0 Å². The number of rotatable bonds is 7. The van der Waals surface area contributed by atoms with Crippen LogP contribution >= 0.6 is 11.3 Å². The molecule has 0 aromatic carbocycles. The van der Waals surface area contributed by atoms with Crippen molar-refractivity contribution in [2.75, 3.05) is 33.4 Å². The molecule has 3 nitrogen and oxygen atoms in total. The fourth-order valence-corrected chi connectivity index (χ4v) is 2.41. The summed E-state index contributed by atoms with van der Waals surface area (Å²) in [4.78, 5) is 4.62. The van der Waals surface area contributed by atoms with Gasteiger partial charge in [0.15, 0.2) is 0 Å². The summed E-state index contributed by atoms with van der Waals surface area (Å²) in [6, 6.07) is 4.16. The van der Waals surface area contributed by atoms with Crippen LogP contribution in [0.4, 0.5) is 0 Å². The van der Waals surface area contributed by atoms with Crippen molar-refractivity contribution in [2.24, 2.45) is 0 Å². The Morgan fingerprint density at radius 3 is 3.00 bits per heavy atom. The van der Waals surface area contributed by atoms with E-state index in [2.05, 4.69) is 29.9 Å². The topological polar surface area (TPSA) is 32.7 Å². The monoisotopic (exact) mass is 267 g/mol. The molecule has 0 radical (unpaired) electrons. The first-order valence-electron chi connectivity index (χ1n) is 6.21. The maximum Gasteiger partial charge on any atom is 0.0771 e. The first-order chi connectivity index (χ1) is 8.76. The van der Waals surface area contributed by atoms with Gasteiger partial charge < -0.3 is 9.84 Å². The third-order valence-corrected chi connectivity index (χ3v) is 3.34. The minimum absolute atomic E-state index is 0.130. The molecule has 100 valence electrons. The summed E-state index contributed by atoms with van der Waals surface area (Å²) < 4.78 is 5.33. The van der Waals surface area contributed by atoms with E-state index in [0.717, 1.165) is 31.2 Å². The number of ether oxygens (including phenoxy) is 1. The zero-order chi connectivity index (χ0) is 13.2. The number of hydrogen-bond acceptors (Lipinski definition) is 4. The molecule has 0 unspecified atom stereocenters. The van der Waals surface area contributed by atoms with Crippen LogP contribution in [0.5, 0.6) is 0 Å². The Balaban J connectivity index is 2.37. The number of thiophene rings is 1. The lowest BCUT2D eigenvalue weighted by molar-refractivity contribution is 0.120. The van der Waals surface area contributed by atoms with Crippen molar-refractivity contribution in [1.82, 2.24) is 4.90 Å². The molecular formula is C14H21NO2S. The second-order valence-electron chi connectivity index (χ2n) is 3.98. The van der Waals surface area contributed by atoms with Gasteiger partial charge in [0.1, 0.15) is 0 Å². The van der Waals surface area contributed by atoms with E-state index in [1.165, 1.54) is 4.88 Å². The highest BCUT2D eigenvalue weighted by molar-refractivity contribution is 7.12. The molecule has 0 atom stereocenters. The van der Waals surface area contributed by atoms with Crippen molar-refractivity contribution in [3.8, 4) is 11.8 Å². The summed E-state index contributed by atoms with van der Waals surface area (Å²) in [6.45, 7) is 5.57. The van der Waals surface area contributed by atoms with Crippen LogP contribution in [0.1, 0.15) is 23.1 Å². The van der Waals surface area contributed by atoms with Crippen LogP contribution in [-0.4, -0.2) is 43.4 Å². The summed E-state index contributed by atoms with van der Waals surface area (Å²) >= 11 is 1.71. The zero-order valence-corrected chi connectivity index (χ0v) is 11.9. The maximum atomic E-state index is 8.65. The van der Waals surface area contributed by atoms with Crippen molar-refractivity contribution in [3.63, 3.8) is 0 Å². The third-order valence-electron chi connectivity index (χ3n) is 2.36. The van der Waals surface area contributed by atoms with Gasteiger partial charge in [0.05, 0.1) is 18.1 Å². The van der Waals surface area contributed by atoms with Gasteiger partial charge in [-0.25, -0.2) is 0 Å². The van der Waals surface area contributed by atoms with Gasteiger partial charge in [0.2, 0.25) is 0 Å². The van der Waals surface area contributed by atoms with Crippen LogP contribution in [0, 0.1) is 11.8 Å². The molecule has 0 aliphatic heterocycles. The average Bonchev–Trinajstić information content (AvgIpc) is 2.77. The largest absolute Gasteiger partial charge is 0.395 e. The summed E-state index contributed by atoms with van der Waals surface area (Å²) in [5.41, 5.74) is 0. The Kier molecular flexibility index (Phi) is 7.70. The molecule has 0 saturated heterocycles. The van der Waals surface area contributed by atoms with Crippen LogP contribution in [0.3, 0.4) is 0 Å². The van der Waals surface area contributed by atoms with Crippen LogP contribution < -0.4 is 0 Å². The molecular weight excluding hydrogens is 246 g/mol. The number of hydrogen-bond donors (Lipinski definition) is 1. The maximum absolute atomic E-state index is 8.65. The van der Waals surface area contributed by atoms with Gasteiger partial charge in [-0.1, -0.05) is 11.8 Å². The molecule has 0 spiro atoms. The number of aliphatic hydroxyl groups is 1. The van der Waals surface area contributed by atoms with E-state index >= 15 is 0 Å². The molecule has 18 heavy (non-hydrogen) atoms. The smallest absolute Gasteiger partial charge is 0.0771 e. The molecule has 1 aromatic heterocycles. The summed E-state index contributed by atoms with van der Waals surface area (Å²) in [5.74, 6) is 5.99. The second-order valence-corrected chi connectivity index (χ2v) is 5.14. The van der Waals surface area contributed by atoms with Gasteiger partial charge in [-0.2, -0.15) is 0 Å². The third kappa shape index (κ3) is 6.18. The molecule has 4 heteroatoms. The number of likely N-dealkylation sites (N-methyl/N-ethyl adjacent to an activating group) is 1. The average molecular weight is 267 g/mol. The highest BCUT2D eigenvalue weighted by Gasteiger charge is 2.02. The van der Waals surface area contributed by atoms with E-state index in [-0.39, 0.29) is 6.61 Å². The Morgan fingerprint density at radius 1 is 1.44 bits per heavy atom. The van der Waals surface area contributed by atoms with Gasteiger partial charge in [-0.15, -0.1) is 11.3 Å². The molecule has 0 saturated carbocycles. The Labute approximate surface area is 113 Å². The zero-order valence-electron chi connectivity index (χ0n) is 11.1. The lowest BCUT2D eigenvalue weighted by Crippen LogP contribution is -2.22. The van der Waals surface area contributed by atoms with Gasteiger partial charge in [0, 0.05) is 31.0 Å². The molecule has 1 N–H and O–H groups in total. The van der Waals surface area contributed by atoms with E-state index in [4.69, 9.17) is 9.84 Å². The van der Waals surface area contributed by atoms with Crippen LogP contribution in [0.15, 0.2) is 12.1 Å². The first kappa shape index (κ1) is 15.2. The quantitative estimate of drug-likeness (QED) is 0.605. The first-order valence-corrected chi connectivity index (χ1v) is 7.02. The fraction of sp³-hybridized carbons (Fsp3) is 0.571. The second kappa shape index (κ2) is 9.12. The van der Waals surface area contributed by atoms with Crippen molar-refractivity contribution in [3.05, 3.63) is 21.9 Å². The van der Waals surface area contributed by atoms with E-state index in [1.807, 2.05) is 13.0 Å². The summed E-state index contributed by atoms with van der Waals surface area (Å²) in [6.07, 6.45) is 0.543. The molecule has 0 bridgehead atoms. The number of aliphatic hydroxyl groups excluding tert-OH is 1. The van der Waals surface area contributed by atoms with Gasteiger partial charge in [-0.05, 0) is 26.1 Å². The Bertz CT molecular complexity index is 392. The van der Waals surface area contributed by atoms with Crippen LogP contribution in [0.25, 0.3) is 0 Å². The van der Waals surface area contributed by atoms with Crippen molar-refractivity contribution < 1.29 is 9.84 Å². The van der Waals surface area contributed by atoms with Crippen LogP contribution in [-0.2, 0) is 11.3 Å². The van der Waals surface area contributed by atoms with Crippen molar-refractivity contribution in [2.45, 2.75) is 19.9 Å². The predicted molar refractivity (Wildman–Crippen MR) is 75.7 cm³/mol. The molecule has 1 heterocycles. The van der Waals surface area contributed by atoms with E-state index in [9.17, 15) is 0 Å². The van der Waals surface area contributed by atoms with Gasteiger partial charge in [-0.3, -0.25) is 4.90 Å². The minimum Gasteiger partial charge on any atom is -0.395 e. The van der Waals surface area contributed by atoms with Gasteiger partial charge in [0.25, 0.3) is 0 Å². The van der Waals surface area contributed by atoms with E-state index < -0.39 is 0 Å². The molecule has 0 fully saturated rings. The summed E-state index contributed by atoms with van der Waals surface area (Å²) in [7, 11) is 2.09. The lowest BCUT2D eigenvalue weighted by atomic mass is 10.4. The Hall–Kier alpha value is -0.860. The molecule has 0 amide bonds. The van der Waals surface area contributed by atoms with Crippen molar-refractivity contribution >= 4 is 11.3 Å². The SMILES string of the molecule is CCOCCN(C)Cc1ccc(C#CCCO)s1. The highest BCUT2D eigenvalue weighted by Crippen LogP contribution is 2.16. The molecule has 1 rings (SSSR count). The van der Waals surface area contributed by atoms with E-state index in [0.29, 0.717) is 6.42 Å². The Morgan fingerprint density at radius 2 is 2.28 bits per heavy atom. The minimum atomic E-state index is 0.130.